The van der Waals surface area contributed by atoms with Gasteiger partial charge in [-0.3, -0.25) is 4.79 Å². The average Bonchev–Trinajstić information content (AvgIpc) is 2.60. The Balaban J connectivity index is 2.02. The Hall–Kier alpha value is -2.63. The number of aromatic nitrogens is 2. The predicted molar refractivity (Wildman–Crippen MR) is 97.3 cm³/mol. The molecule has 1 atom stereocenters. The topological polar surface area (TPSA) is 70.2 Å². The van der Waals surface area contributed by atoms with Crippen molar-refractivity contribution in [3.05, 3.63) is 47.7 Å². The molecule has 0 bridgehead atoms. The molecule has 6 heteroatoms. The van der Waals surface area contributed by atoms with Crippen LogP contribution in [-0.4, -0.2) is 36.0 Å². The lowest BCUT2D eigenvalue weighted by molar-refractivity contribution is 0.0939. The summed E-state index contributed by atoms with van der Waals surface area (Å²) < 4.78 is 0. The summed E-state index contributed by atoms with van der Waals surface area (Å²) in [5.41, 5.74) is 1.67. The lowest BCUT2D eigenvalue weighted by Crippen LogP contribution is -2.31. The summed E-state index contributed by atoms with van der Waals surface area (Å²) in [5, 5.41) is 6.17. The molecule has 0 aliphatic heterocycles. The zero-order chi connectivity index (χ0) is 17.5. The average molecular weight is 327 g/mol. The summed E-state index contributed by atoms with van der Waals surface area (Å²) in [5.74, 6) is 1.36. The molecule has 6 nitrogen and oxygen atoms in total. The molecule has 0 spiro atoms. The van der Waals surface area contributed by atoms with Gasteiger partial charge in [0.05, 0.1) is 0 Å². The van der Waals surface area contributed by atoms with Crippen molar-refractivity contribution in [1.29, 1.82) is 0 Å². The monoisotopic (exact) mass is 327 g/mol. The lowest BCUT2D eigenvalue weighted by Gasteiger charge is -2.13. The third-order valence-electron chi connectivity index (χ3n) is 3.73. The largest absolute Gasteiger partial charge is 0.363 e. The van der Waals surface area contributed by atoms with Crippen molar-refractivity contribution in [3.63, 3.8) is 0 Å². The number of hydrogen-bond donors (Lipinski definition) is 2. The Bertz CT molecular complexity index is 687. The first-order valence-electron chi connectivity index (χ1n) is 8.13. The van der Waals surface area contributed by atoms with Crippen LogP contribution in [-0.2, 0) is 6.54 Å². The fraction of sp³-hybridized carbons (Fsp3) is 0.389. The number of nitrogens with one attached hydrogen (secondary N) is 2. The third kappa shape index (κ3) is 4.94. The highest BCUT2D eigenvalue weighted by Gasteiger charge is 2.09. The molecule has 0 radical (unpaired) electrons. The first kappa shape index (κ1) is 17.7. The molecule has 1 heterocycles. The molecular weight excluding hydrogens is 302 g/mol. The van der Waals surface area contributed by atoms with Gasteiger partial charge in [-0.05, 0) is 37.1 Å². The number of amides is 1. The zero-order valence-electron chi connectivity index (χ0n) is 14.7. The van der Waals surface area contributed by atoms with Crippen molar-refractivity contribution in [2.24, 2.45) is 0 Å². The van der Waals surface area contributed by atoms with E-state index in [4.69, 9.17) is 0 Å². The molecule has 0 unspecified atom stereocenters. The molecule has 0 aliphatic rings. The molecule has 24 heavy (non-hydrogen) atoms. The van der Waals surface area contributed by atoms with Gasteiger partial charge >= 0.3 is 0 Å². The predicted octanol–water partition coefficient (Wildman–Crippen LogP) is 2.68. The smallest absolute Gasteiger partial charge is 0.251 e. The molecular formula is C18H25N5O. The van der Waals surface area contributed by atoms with E-state index in [0.717, 1.165) is 17.8 Å². The number of anilines is 2. The van der Waals surface area contributed by atoms with Crippen molar-refractivity contribution < 1.29 is 4.79 Å². The van der Waals surface area contributed by atoms with E-state index < -0.39 is 0 Å². The van der Waals surface area contributed by atoms with E-state index >= 15 is 0 Å². The standard InChI is InChI=1S/C18H25N5O/c1-5-13(2)21-17(24)15-8-6-7-14(11-15)12-20-18-19-10-9-16(22-18)23(3)4/h6-11,13H,5,12H2,1-4H3,(H,21,24)(H,19,20,22)/t13-/m0/s1. The van der Waals surface area contributed by atoms with E-state index in [9.17, 15) is 4.79 Å². The molecule has 0 aliphatic carbocycles. The summed E-state index contributed by atoms with van der Waals surface area (Å²) in [6.45, 7) is 4.60. The van der Waals surface area contributed by atoms with E-state index in [1.165, 1.54) is 0 Å². The van der Waals surface area contributed by atoms with E-state index in [1.807, 2.05) is 63.2 Å². The highest BCUT2D eigenvalue weighted by molar-refractivity contribution is 5.94. The zero-order valence-corrected chi connectivity index (χ0v) is 14.7. The Morgan fingerprint density at radius 3 is 2.79 bits per heavy atom. The maximum atomic E-state index is 12.2. The van der Waals surface area contributed by atoms with Crippen LogP contribution in [0.3, 0.4) is 0 Å². The van der Waals surface area contributed by atoms with Gasteiger partial charge in [-0.2, -0.15) is 4.98 Å². The second-order valence-electron chi connectivity index (χ2n) is 5.97. The summed E-state index contributed by atoms with van der Waals surface area (Å²) in [6, 6.07) is 9.60. The number of carbonyl (C=O) groups is 1. The van der Waals surface area contributed by atoms with Gasteiger partial charge in [0.2, 0.25) is 5.95 Å². The van der Waals surface area contributed by atoms with Crippen LogP contribution in [0.25, 0.3) is 0 Å². The van der Waals surface area contributed by atoms with Gasteiger partial charge in [0.15, 0.2) is 0 Å². The minimum Gasteiger partial charge on any atom is -0.363 e. The number of benzene rings is 1. The Morgan fingerprint density at radius 1 is 1.29 bits per heavy atom. The minimum absolute atomic E-state index is 0.0444. The van der Waals surface area contributed by atoms with Crippen LogP contribution in [0, 0.1) is 0 Å². The van der Waals surface area contributed by atoms with E-state index in [1.54, 1.807) is 6.20 Å². The lowest BCUT2D eigenvalue weighted by atomic mass is 10.1. The maximum absolute atomic E-state index is 12.2. The summed E-state index contributed by atoms with van der Waals surface area (Å²) in [4.78, 5) is 22.8. The van der Waals surface area contributed by atoms with E-state index in [2.05, 4.69) is 20.6 Å². The molecule has 1 aromatic carbocycles. The summed E-state index contributed by atoms with van der Waals surface area (Å²) in [6.07, 6.45) is 2.63. The fourth-order valence-electron chi connectivity index (χ4n) is 2.10. The Labute approximate surface area is 143 Å². The number of carbonyl (C=O) groups excluding carboxylic acids is 1. The third-order valence-corrected chi connectivity index (χ3v) is 3.73. The van der Waals surface area contributed by atoms with Crippen LogP contribution in [0.5, 0.6) is 0 Å². The van der Waals surface area contributed by atoms with Crippen LogP contribution in [0.15, 0.2) is 36.5 Å². The van der Waals surface area contributed by atoms with Gasteiger partial charge in [0.1, 0.15) is 5.82 Å². The minimum atomic E-state index is -0.0444. The maximum Gasteiger partial charge on any atom is 0.251 e. The van der Waals surface area contributed by atoms with Crippen LogP contribution < -0.4 is 15.5 Å². The van der Waals surface area contributed by atoms with Crippen molar-refractivity contribution in [2.45, 2.75) is 32.9 Å². The van der Waals surface area contributed by atoms with E-state index in [-0.39, 0.29) is 11.9 Å². The SMILES string of the molecule is CC[C@H](C)NC(=O)c1cccc(CNc2nccc(N(C)C)n2)c1. The Morgan fingerprint density at radius 2 is 2.08 bits per heavy atom. The first-order valence-corrected chi connectivity index (χ1v) is 8.13. The van der Waals surface area contributed by atoms with Gasteiger partial charge in [-0.25, -0.2) is 4.98 Å². The first-order chi connectivity index (χ1) is 11.5. The van der Waals surface area contributed by atoms with Gasteiger partial charge in [-0.15, -0.1) is 0 Å². The number of hydrogen-bond acceptors (Lipinski definition) is 5. The van der Waals surface area contributed by atoms with Crippen LogP contribution >= 0.6 is 0 Å². The molecule has 1 amide bonds. The molecule has 128 valence electrons. The summed E-state index contributed by atoms with van der Waals surface area (Å²) in [7, 11) is 3.87. The molecule has 0 fully saturated rings. The molecule has 2 rings (SSSR count). The highest BCUT2D eigenvalue weighted by Crippen LogP contribution is 2.11. The van der Waals surface area contributed by atoms with Crippen molar-refractivity contribution in [3.8, 4) is 0 Å². The highest BCUT2D eigenvalue weighted by atomic mass is 16.1. The molecule has 0 saturated heterocycles. The number of nitrogens with zero attached hydrogens (tertiary/aromatic N) is 3. The molecule has 2 aromatic rings. The summed E-state index contributed by atoms with van der Waals surface area (Å²) >= 11 is 0. The van der Waals surface area contributed by atoms with Crippen LogP contribution in [0.4, 0.5) is 11.8 Å². The van der Waals surface area contributed by atoms with Gasteiger partial charge in [0.25, 0.3) is 5.91 Å². The molecule has 0 saturated carbocycles. The van der Waals surface area contributed by atoms with E-state index in [0.29, 0.717) is 18.1 Å². The van der Waals surface area contributed by atoms with Crippen molar-refractivity contribution >= 4 is 17.7 Å². The van der Waals surface area contributed by atoms with Crippen LogP contribution in [0.2, 0.25) is 0 Å². The normalized spacial score (nSPS) is 11.7. The fourth-order valence-corrected chi connectivity index (χ4v) is 2.10. The number of rotatable bonds is 7. The van der Waals surface area contributed by atoms with Crippen molar-refractivity contribution in [2.75, 3.05) is 24.3 Å². The van der Waals surface area contributed by atoms with Crippen LogP contribution in [0.1, 0.15) is 36.2 Å². The van der Waals surface area contributed by atoms with Gasteiger partial charge in [-0.1, -0.05) is 19.1 Å². The quantitative estimate of drug-likeness (QED) is 0.818. The second-order valence-corrected chi connectivity index (χ2v) is 5.97. The molecule has 1 aromatic heterocycles. The van der Waals surface area contributed by atoms with Gasteiger partial charge in [0, 0.05) is 38.4 Å². The Kier molecular flexibility index (Phi) is 6.12. The van der Waals surface area contributed by atoms with Gasteiger partial charge < -0.3 is 15.5 Å². The molecule has 2 N–H and O–H groups in total. The second kappa shape index (κ2) is 8.29. The van der Waals surface area contributed by atoms with Crippen molar-refractivity contribution in [1.82, 2.24) is 15.3 Å².